The first kappa shape index (κ1) is 14.9. The van der Waals surface area contributed by atoms with Gasteiger partial charge in [-0.3, -0.25) is 9.59 Å². The lowest BCUT2D eigenvalue weighted by atomic mass is 10.4. The van der Waals surface area contributed by atoms with Crippen LogP contribution in [0.2, 0.25) is 0 Å². The van der Waals surface area contributed by atoms with Crippen LogP contribution in [-0.4, -0.2) is 38.2 Å². The fraction of sp³-hybridized carbons (Fsp3) is 0.455. The third-order valence-corrected chi connectivity index (χ3v) is 5.41. The van der Waals surface area contributed by atoms with Gasteiger partial charge in [0.1, 0.15) is 4.21 Å². The first-order valence-corrected chi connectivity index (χ1v) is 8.38. The summed E-state index contributed by atoms with van der Waals surface area (Å²) in [5.74, 6) is -0.265. The van der Waals surface area contributed by atoms with E-state index in [0.717, 1.165) is 17.8 Å². The van der Waals surface area contributed by atoms with Gasteiger partial charge in [0.2, 0.25) is 21.8 Å². The highest BCUT2D eigenvalue weighted by Crippen LogP contribution is 2.19. The summed E-state index contributed by atoms with van der Waals surface area (Å²) in [7, 11) is -3.69. The van der Waals surface area contributed by atoms with Gasteiger partial charge >= 0.3 is 0 Å². The summed E-state index contributed by atoms with van der Waals surface area (Å²) < 4.78 is 22.3. The van der Waals surface area contributed by atoms with E-state index in [2.05, 4.69) is 5.32 Å². The van der Waals surface area contributed by atoms with Crippen LogP contribution in [0.25, 0.3) is 0 Å². The first-order chi connectivity index (χ1) is 9.36. The lowest BCUT2D eigenvalue weighted by Crippen LogP contribution is -2.37. The first-order valence-electron chi connectivity index (χ1n) is 6.02. The second kappa shape index (κ2) is 5.90. The Kier molecular flexibility index (Phi) is 4.41. The van der Waals surface area contributed by atoms with Crippen LogP contribution < -0.4 is 10.5 Å². The second-order valence-corrected chi connectivity index (χ2v) is 7.42. The van der Waals surface area contributed by atoms with E-state index in [-0.39, 0.29) is 29.1 Å². The molecule has 1 aromatic heterocycles. The molecule has 0 saturated carbocycles. The highest BCUT2D eigenvalue weighted by atomic mass is 32.2. The Labute approximate surface area is 120 Å². The topological polar surface area (TPSA) is 110 Å². The number of carbonyl (C=O) groups excluding carboxylic acids is 2. The van der Waals surface area contributed by atoms with Crippen molar-refractivity contribution >= 4 is 33.2 Å². The number of thiophene rings is 1. The number of likely N-dealkylation sites (tertiary alicyclic amines) is 1. The number of nitrogens with zero attached hydrogens (tertiary/aromatic N) is 1. The predicted molar refractivity (Wildman–Crippen MR) is 73.4 cm³/mol. The molecule has 0 aliphatic carbocycles. The van der Waals surface area contributed by atoms with Crippen molar-refractivity contribution in [1.82, 2.24) is 10.2 Å². The third-order valence-electron chi connectivity index (χ3n) is 2.88. The largest absolute Gasteiger partial charge is 0.350 e. The summed E-state index contributed by atoms with van der Waals surface area (Å²) in [5, 5.41) is 7.65. The number of hydrogen-bond donors (Lipinski definition) is 2. The van der Waals surface area contributed by atoms with E-state index in [0.29, 0.717) is 17.8 Å². The number of carbonyl (C=O) groups is 2. The smallest absolute Gasteiger partial charge is 0.247 e. The van der Waals surface area contributed by atoms with Crippen molar-refractivity contribution in [2.24, 2.45) is 5.14 Å². The van der Waals surface area contributed by atoms with Crippen molar-refractivity contribution in [2.45, 2.75) is 23.6 Å². The maximum Gasteiger partial charge on any atom is 0.247 e. The number of rotatable bonds is 5. The molecule has 1 aliphatic heterocycles. The molecule has 1 aliphatic rings. The molecule has 0 atom stereocenters. The molecule has 3 N–H and O–H groups in total. The number of primary sulfonamides is 1. The molecule has 110 valence electrons. The van der Waals surface area contributed by atoms with Crippen molar-refractivity contribution in [2.75, 3.05) is 13.1 Å². The van der Waals surface area contributed by atoms with Crippen LogP contribution in [0.1, 0.15) is 17.7 Å². The number of sulfonamides is 1. The highest BCUT2D eigenvalue weighted by molar-refractivity contribution is 7.91. The van der Waals surface area contributed by atoms with Crippen molar-refractivity contribution in [3.8, 4) is 0 Å². The Bertz CT molecular complexity index is 623. The second-order valence-electron chi connectivity index (χ2n) is 4.46. The van der Waals surface area contributed by atoms with Crippen LogP contribution >= 0.6 is 11.3 Å². The minimum absolute atomic E-state index is 0.00668. The van der Waals surface area contributed by atoms with Gasteiger partial charge in [-0.2, -0.15) is 0 Å². The van der Waals surface area contributed by atoms with Gasteiger partial charge in [0.25, 0.3) is 0 Å². The molecule has 9 heteroatoms. The van der Waals surface area contributed by atoms with Crippen LogP contribution in [0.3, 0.4) is 0 Å². The average Bonchev–Trinajstić information content (AvgIpc) is 2.96. The van der Waals surface area contributed by atoms with Crippen LogP contribution in [-0.2, 0) is 26.2 Å². The van der Waals surface area contributed by atoms with Gasteiger partial charge in [0, 0.05) is 17.8 Å². The maximum absolute atomic E-state index is 11.7. The van der Waals surface area contributed by atoms with Gasteiger partial charge in [-0.05, 0) is 18.6 Å². The molecule has 0 unspecified atom stereocenters. The third kappa shape index (κ3) is 3.78. The molecule has 2 rings (SSSR count). The summed E-state index contributed by atoms with van der Waals surface area (Å²) in [6, 6.07) is 3.01. The molecule has 20 heavy (non-hydrogen) atoms. The SMILES string of the molecule is NS(=O)(=O)c1ccc(CNC(=O)CN2CCCC2=O)s1. The molecule has 0 radical (unpaired) electrons. The molecule has 1 fully saturated rings. The van der Waals surface area contributed by atoms with Crippen molar-refractivity contribution in [3.63, 3.8) is 0 Å². The fourth-order valence-corrected chi connectivity index (χ4v) is 3.61. The summed E-state index contributed by atoms with van der Waals surface area (Å²) in [5.41, 5.74) is 0. The van der Waals surface area contributed by atoms with Gasteiger partial charge < -0.3 is 10.2 Å². The summed E-state index contributed by atoms with van der Waals surface area (Å²) in [6.07, 6.45) is 1.28. The van der Waals surface area contributed by atoms with Crippen molar-refractivity contribution < 1.29 is 18.0 Å². The molecule has 7 nitrogen and oxygen atoms in total. The lowest BCUT2D eigenvalue weighted by Gasteiger charge is -2.14. The number of hydrogen-bond acceptors (Lipinski definition) is 5. The van der Waals surface area contributed by atoms with E-state index in [9.17, 15) is 18.0 Å². The van der Waals surface area contributed by atoms with E-state index in [1.54, 1.807) is 6.07 Å². The van der Waals surface area contributed by atoms with Crippen molar-refractivity contribution in [1.29, 1.82) is 0 Å². The quantitative estimate of drug-likeness (QED) is 0.772. The Balaban J connectivity index is 1.84. The standard InChI is InChI=1S/C11H15N3O4S2/c12-20(17,18)11-4-3-8(19-11)6-13-9(15)7-14-5-1-2-10(14)16/h3-4H,1-2,5-7H2,(H,13,15)(H2,12,17,18). The maximum atomic E-state index is 11.7. The predicted octanol–water partition coefficient (Wildman–Crippen LogP) is -0.366. The number of nitrogens with two attached hydrogens (primary N) is 1. The molecule has 0 aromatic carbocycles. The lowest BCUT2D eigenvalue weighted by molar-refractivity contribution is -0.133. The van der Waals surface area contributed by atoms with Crippen LogP contribution in [0.15, 0.2) is 16.3 Å². The Morgan fingerprint density at radius 3 is 2.75 bits per heavy atom. The van der Waals surface area contributed by atoms with Gasteiger partial charge in [0.05, 0.1) is 13.1 Å². The van der Waals surface area contributed by atoms with Crippen LogP contribution in [0.4, 0.5) is 0 Å². The number of amides is 2. The minimum atomic E-state index is -3.69. The highest BCUT2D eigenvalue weighted by Gasteiger charge is 2.22. The van der Waals surface area contributed by atoms with E-state index in [1.807, 2.05) is 0 Å². The summed E-state index contributed by atoms with van der Waals surface area (Å²) in [4.78, 5) is 25.2. The van der Waals surface area contributed by atoms with Crippen LogP contribution in [0, 0.1) is 0 Å². The van der Waals surface area contributed by atoms with Crippen LogP contribution in [0.5, 0.6) is 0 Å². The molecule has 1 saturated heterocycles. The molecule has 1 aromatic rings. The van der Waals surface area contributed by atoms with Gasteiger partial charge in [-0.1, -0.05) is 0 Å². The Hall–Kier alpha value is -1.45. The number of nitrogens with one attached hydrogen (secondary N) is 1. The minimum Gasteiger partial charge on any atom is -0.350 e. The fourth-order valence-electron chi connectivity index (χ4n) is 1.89. The molecular formula is C11H15N3O4S2. The Morgan fingerprint density at radius 2 is 2.20 bits per heavy atom. The van der Waals surface area contributed by atoms with E-state index < -0.39 is 10.0 Å². The van der Waals surface area contributed by atoms with E-state index >= 15 is 0 Å². The zero-order chi connectivity index (χ0) is 14.8. The van der Waals surface area contributed by atoms with Gasteiger partial charge in [0.15, 0.2) is 0 Å². The van der Waals surface area contributed by atoms with Crippen molar-refractivity contribution in [3.05, 3.63) is 17.0 Å². The summed E-state index contributed by atoms with van der Waals surface area (Å²) >= 11 is 1.02. The summed E-state index contributed by atoms with van der Waals surface area (Å²) in [6.45, 7) is 0.883. The van der Waals surface area contributed by atoms with Gasteiger partial charge in [-0.15, -0.1) is 11.3 Å². The zero-order valence-corrected chi connectivity index (χ0v) is 12.3. The van der Waals surface area contributed by atoms with E-state index in [4.69, 9.17) is 5.14 Å². The Morgan fingerprint density at radius 1 is 1.45 bits per heavy atom. The zero-order valence-electron chi connectivity index (χ0n) is 10.7. The van der Waals surface area contributed by atoms with Gasteiger partial charge in [-0.25, -0.2) is 13.6 Å². The average molecular weight is 317 g/mol. The monoisotopic (exact) mass is 317 g/mol. The molecule has 0 bridgehead atoms. The molecule has 0 spiro atoms. The van der Waals surface area contributed by atoms with E-state index in [1.165, 1.54) is 11.0 Å². The molecular weight excluding hydrogens is 302 g/mol. The normalized spacial score (nSPS) is 15.7. The molecule has 2 heterocycles. The molecule has 2 amide bonds.